The Labute approximate surface area is 195 Å². The van der Waals surface area contributed by atoms with Crippen molar-refractivity contribution in [1.82, 2.24) is 34.3 Å². The van der Waals surface area contributed by atoms with Crippen molar-refractivity contribution in [3.63, 3.8) is 0 Å². The Morgan fingerprint density at radius 3 is 2.74 bits per heavy atom. The molecule has 34 heavy (non-hydrogen) atoms. The summed E-state index contributed by atoms with van der Waals surface area (Å²) in [5.74, 6) is 0.359. The van der Waals surface area contributed by atoms with Crippen molar-refractivity contribution < 1.29 is 4.39 Å². The van der Waals surface area contributed by atoms with Gasteiger partial charge in [-0.25, -0.2) is 9.37 Å². The molecule has 1 fully saturated rings. The lowest BCUT2D eigenvalue weighted by atomic mass is 10.0. The van der Waals surface area contributed by atoms with Crippen LogP contribution < -0.4 is 5.73 Å². The fourth-order valence-electron chi connectivity index (χ4n) is 4.81. The minimum Gasteiger partial charge on any atom is -0.326 e. The zero-order chi connectivity index (χ0) is 23.4. The molecule has 1 atom stereocenters. The number of benzene rings is 1. The van der Waals surface area contributed by atoms with Gasteiger partial charge < -0.3 is 5.73 Å². The fourth-order valence-corrected chi connectivity index (χ4v) is 4.81. The first-order valence-corrected chi connectivity index (χ1v) is 11.4. The highest BCUT2D eigenvalue weighted by Crippen LogP contribution is 2.30. The van der Waals surface area contributed by atoms with Crippen LogP contribution in [0.5, 0.6) is 0 Å². The minimum atomic E-state index is -0.294. The molecule has 0 radical (unpaired) electrons. The number of aromatic nitrogens is 6. The van der Waals surface area contributed by atoms with Crippen LogP contribution in [0.3, 0.4) is 0 Å². The van der Waals surface area contributed by atoms with Crippen LogP contribution in [-0.4, -0.2) is 53.4 Å². The van der Waals surface area contributed by atoms with Crippen LogP contribution in [0.4, 0.5) is 4.39 Å². The van der Waals surface area contributed by atoms with Gasteiger partial charge in [0.25, 0.3) is 0 Å². The molecular weight excluding hydrogens is 431 g/mol. The van der Waals surface area contributed by atoms with Crippen molar-refractivity contribution in [2.75, 3.05) is 13.1 Å². The molecule has 0 bridgehead atoms. The number of hydrogen-bond acceptors (Lipinski definition) is 6. The van der Waals surface area contributed by atoms with Gasteiger partial charge in [0.15, 0.2) is 11.5 Å². The largest absolute Gasteiger partial charge is 0.326 e. The molecule has 0 aliphatic carbocycles. The molecule has 6 rings (SSSR count). The molecule has 0 amide bonds. The fraction of sp³-hybridized carbons (Fsp3) is 0.280. The molecule has 5 aromatic rings. The summed E-state index contributed by atoms with van der Waals surface area (Å²) in [6, 6.07) is 11.3. The number of aryl methyl sites for hydroxylation is 2. The molecule has 9 heteroatoms. The molecule has 1 aliphatic heterocycles. The molecule has 8 nitrogen and oxygen atoms in total. The summed E-state index contributed by atoms with van der Waals surface area (Å²) in [6.07, 6.45) is 4.92. The van der Waals surface area contributed by atoms with Crippen molar-refractivity contribution in [1.29, 1.82) is 0 Å². The van der Waals surface area contributed by atoms with Gasteiger partial charge in [-0.1, -0.05) is 12.1 Å². The predicted octanol–water partition coefficient (Wildman–Crippen LogP) is 3.33. The van der Waals surface area contributed by atoms with Gasteiger partial charge in [0.2, 0.25) is 0 Å². The third-order valence-electron chi connectivity index (χ3n) is 6.49. The van der Waals surface area contributed by atoms with Gasteiger partial charge >= 0.3 is 0 Å². The third-order valence-corrected chi connectivity index (χ3v) is 6.49. The molecule has 2 N–H and O–H groups in total. The van der Waals surface area contributed by atoms with Crippen LogP contribution in [0.15, 0.2) is 48.8 Å². The smallest absolute Gasteiger partial charge is 0.187 e. The number of hydrogen-bond donors (Lipinski definition) is 1. The van der Waals surface area contributed by atoms with Crippen molar-refractivity contribution >= 4 is 16.6 Å². The number of likely N-dealkylation sites (tertiary alicyclic amines) is 1. The molecule has 1 aliphatic rings. The zero-order valence-electron chi connectivity index (χ0n) is 19.1. The number of nitrogens with zero attached hydrogens (tertiary/aromatic N) is 7. The van der Waals surface area contributed by atoms with Crippen LogP contribution in [0.1, 0.15) is 17.7 Å². The maximum atomic E-state index is 14.9. The molecule has 4 aromatic heterocycles. The van der Waals surface area contributed by atoms with E-state index < -0.39 is 0 Å². The Morgan fingerprint density at radius 2 is 1.97 bits per heavy atom. The first kappa shape index (κ1) is 20.9. The van der Waals surface area contributed by atoms with Gasteiger partial charge in [-0.15, -0.1) is 10.2 Å². The van der Waals surface area contributed by atoms with E-state index in [1.54, 1.807) is 10.7 Å². The van der Waals surface area contributed by atoms with Crippen LogP contribution in [0.25, 0.3) is 39.2 Å². The Balaban J connectivity index is 1.40. The van der Waals surface area contributed by atoms with E-state index in [0.717, 1.165) is 48.3 Å². The number of rotatable bonds is 4. The SMILES string of the molecule is Cc1nn(C)cc1-c1cc2nc(-c3nnc4ccc(CN5CCC(N)C5)cn34)ccc2cc1F. The summed E-state index contributed by atoms with van der Waals surface area (Å²) in [5.41, 5.74) is 11.4. The Morgan fingerprint density at radius 1 is 1.09 bits per heavy atom. The summed E-state index contributed by atoms with van der Waals surface area (Å²) in [5, 5.41) is 13.8. The number of halogens is 1. The van der Waals surface area contributed by atoms with Gasteiger partial charge in [-0.05, 0) is 43.2 Å². The first-order chi connectivity index (χ1) is 16.4. The lowest BCUT2D eigenvalue weighted by Gasteiger charge is -2.15. The van der Waals surface area contributed by atoms with E-state index in [4.69, 9.17) is 10.7 Å². The Hall–Kier alpha value is -3.69. The van der Waals surface area contributed by atoms with Crippen molar-refractivity contribution in [3.8, 4) is 22.6 Å². The number of pyridine rings is 2. The van der Waals surface area contributed by atoms with E-state index in [1.807, 2.05) is 42.8 Å². The lowest BCUT2D eigenvalue weighted by Crippen LogP contribution is -2.26. The van der Waals surface area contributed by atoms with Gasteiger partial charge in [0, 0.05) is 61.6 Å². The van der Waals surface area contributed by atoms with Gasteiger partial charge in [0.05, 0.1) is 11.2 Å². The van der Waals surface area contributed by atoms with E-state index in [0.29, 0.717) is 22.6 Å². The third kappa shape index (κ3) is 3.63. The summed E-state index contributed by atoms with van der Waals surface area (Å²) in [7, 11) is 1.83. The maximum absolute atomic E-state index is 14.9. The van der Waals surface area contributed by atoms with Crippen LogP contribution in [0, 0.1) is 12.7 Å². The Kier molecular flexibility index (Phi) is 4.89. The monoisotopic (exact) mass is 456 g/mol. The predicted molar refractivity (Wildman–Crippen MR) is 128 cm³/mol. The van der Waals surface area contributed by atoms with Crippen LogP contribution in [0.2, 0.25) is 0 Å². The molecule has 1 saturated heterocycles. The summed E-state index contributed by atoms with van der Waals surface area (Å²) in [4.78, 5) is 7.19. The highest BCUT2D eigenvalue weighted by Gasteiger charge is 2.20. The van der Waals surface area contributed by atoms with E-state index in [2.05, 4.69) is 32.5 Å². The van der Waals surface area contributed by atoms with E-state index in [-0.39, 0.29) is 11.9 Å². The van der Waals surface area contributed by atoms with Gasteiger partial charge in [0.1, 0.15) is 11.5 Å². The topological polar surface area (TPSA) is 90.2 Å². The molecule has 172 valence electrons. The number of fused-ring (bicyclic) bond motifs is 2. The quantitative estimate of drug-likeness (QED) is 0.446. The number of nitrogens with two attached hydrogens (primary N) is 1. The Bertz CT molecular complexity index is 1540. The van der Waals surface area contributed by atoms with Crippen molar-refractivity contribution in [2.45, 2.75) is 25.9 Å². The van der Waals surface area contributed by atoms with Crippen LogP contribution >= 0.6 is 0 Å². The molecule has 0 saturated carbocycles. The van der Waals surface area contributed by atoms with Crippen molar-refractivity contribution in [3.05, 3.63) is 65.9 Å². The molecular formula is C25H25FN8. The average molecular weight is 457 g/mol. The summed E-state index contributed by atoms with van der Waals surface area (Å²) in [6.45, 7) is 4.63. The highest BCUT2D eigenvalue weighted by molar-refractivity contribution is 5.86. The molecule has 1 unspecified atom stereocenters. The standard InChI is InChI=1S/C25H25FN8/c1-15-20(14-32(2)31-15)19-10-23-17(9-21(19)26)4-5-22(28-23)25-30-29-24-6-3-16(12-34(24)25)11-33-8-7-18(27)13-33/h3-6,9-10,12,14,18H,7-8,11,13,27H2,1-2H3. The second-order valence-electron chi connectivity index (χ2n) is 9.10. The van der Waals surface area contributed by atoms with Gasteiger partial charge in [-0.2, -0.15) is 5.10 Å². The maximum Gasteiger partial charge on any atom is 0.187 e. The molecule has 1 aromatic carbocycles. The molecule has 5 heterocycles. The van der Waals surface area contributed by atoms with Crippen LogP contribution in [-0.2, 0) is 13.6 Å². The van der Waals surface area contributed by atoms with Gasteiger partial charge in [-0.3, -0.25) is 14.0 Å². The lowest BCUT2D eigenvalue weighted by molar-refractivity contribution is 0.326. The van der Waals surface area contributed by atoms with E-state index in [1.165, 1.54) is 11.6 Å². The second kappa shape index (κ2) is 7.96. The van der Waals surface area contributed by atoms with E-state index in [9.17, 15) is 4.39 Å². The average Bonchev–Trinajstić information content (AvgIpc) is 3.51. The zero-order valence-corrected chi connectivity index (χ0v) is 19.1. The highest BCUT2D eigenvalue weighted by atomic mass is 19.1. The minimum absolute atomic E-state index is 0.251. The van der Waals surface area contributed by atoms with Crippen molar-refractivity contribution in [2.24, 2.45) is 12.8 Å². The summed E-state index contributed by atoms with van der Waals surface area (Å²) < 4.78 is 18.6. The van der Waals surface area contributed by atoms with E-state index >= 15 is 0 Å². The summed E-state index contributed by atoms with van der Waals surface area (Å²) >= 11 is 0. The second-order valence-corrected chi connectivity index (χ2v) is 9.10. The normalized spacial score (nSPS) is 16.8. The molecule has 0 spiro atoms. The first-order valence-electron chi connectivity index (χ1n) is 11.4.